The molecular weight excluding hydrogens is 237 g/mol. The van der Waals surface area contributed by atoms with Gasteiger partial charge in [-0.25, -0.2) is 4.39 Å². The van der Waals surface area contributed by atoms with Gasteiger partial charge in [-0.05, 0) is 18.2 Å². The predicted octanol–water partition coefficient (Wildman–Crippen LogP) is 0.370. The molecule has 2 rings (SSSR count). The summed E-state index contributed by atoms with van der Waals surface area (Å²) in [7, 11) is 0. The van der Waals surface area contributed by atoms with Crippen LogP contribution in [0, 0.1) is 5.82 Å². The molecule has 1 aromatic carbocycles. The van der Waals surface area contributed by atoms with E-state index in [0.29, 0.717) is 19.6 Å². The topological polar surface area (TPSA) is 75.4 Å². The van der Waals surface area contributed by atoms with Crippen LogP contribution in [0.1, 0.15) is 16.8 Å². The predicted molar refractivity (Wildman–Crippen MR) is 64.3 cm³/mol. The highest BCUT2D eigenvalue weighted by Crippen LogP contribution is 2.16. The number of carbonyl (C=O) groups is 2. The average molecular weight is 251 g/mol. The Morgan fingerprint density at radius 2 is 2.17 bits per heavy atom. The first-order chi connectivity index (χ1) is 8.58. The monoisotopic (exact) mass is 251 g/mol. The van der Waals surface area contributed by atoms with Gasteiger partial charge in [0.15, 0.2) is 0 Å². The maximum atomic E-state index is 13.1. The van der Waals surface area contributed by atoms with Gasteiger partial charge in [-0.3, -0.25) is 9.59 Å². The van der Waals surface area contributed by atoms with Crippen molar-refractivity contribution in [2.24, 2.45) is 0 Å². The molecule has 1 aliphatic rings. The Morgan fingerprint density at radius 3 is 2.94 bits per heavy atom. The molecule has 1 aromatic rings. The molecule has 0 unspecified atom stereocenters. The van der Waals surface area contributed by atoms with Crippen molar-refractivity contribution in [2.75, 3.05) is 25.4 Å². The molecule has 18 heavy (non-hydrogen) atoms. The second-order valence-electron chi connectivity index (χ2n) is 4.12. The van der Waals surface area contributed by atoms with E-state index in [1.165, 1.54) is 17.0 Å². The number of halogens is 1. The first-order valence-electron chi connectivity index (χ1n) is 5.69. The summed E-state index contributed by atoms with van der Waals surface area (Å²) in [4.78, 5) is 24.9. The molecule has 0 aliphatic carbocycles. The van der Waals surface area contributed by atoms with E-state index in [-0.39, 0.29) is 29.5 Å². The second-order valence-corrected chi connectivity index (χ2v) is 4.12. The van der Waals surface area contributed by atoms with E-state index in [4.69, 9.17) is 5.73 Å². The second kappa shape index (κ2) is 5.03. The molecule has 0 bridgehead atoms. The Labute approximate surface area is 104 Å². The molecule has 0 saturated carbocycles. The Balaban J connectivity index is 2.19. The molecule has 0 spiro atoms. The standard InChI is InChI=1S/C12H14FN3O2/c13-8-1-2-10(14)9(7-8)12(18)16-5-3-11(17)15-4-6-16/h1-2,7H,3-6,14H2,(H,15,17). The molecule has 3 N–H and O–H groups in total. The van der Waals surface area contributed by atoms with Crippen LogP contribution in [0.3, 0.4) is 0 Å². The molecule has 1 saturated heterocycles. The third-order valence-electron chi connectivity index (χ3n) is 2.85. The van der Waals surface area contributed by atoms with Crippen molar-refractivity contribution in [3.8, 4) is 0 Å². The summed E-state index contributed by atoms with van der Waals surface area (Å²) in [6.45, 7) is 1.13. The Hall–Kier alpha value is -2.11. The molecule has 96 valence electrons. The van der Waals surface area contributed by atoms with Gasteiger partial charge in [0.05, 0.1) is 5.56 Å². The van der Waals surface area contributed by atoms with E-state index in [1.807, 2.05) is 0 Å². The minimum absolute atomic E-state index is 0.0856. The minimum Gasteiger partial charge on any atom is -0.398 e. The van der Waals surface area contributed by atoms with E-state index in [1.54, 1.807) is 0 Å². The van der Waals surface area contributed by atoms with Crippen molar-refractivity contribution in [2.45, 2.75) is 6.42 Å². The summed E-state index contributed by atoms with van der Waals surface area (Å²) in [5.41, 5.74) is 6.05. The highest BCUT2D eigenvalue weighted by Gasteiger charge is 2.21. The number of nitrogens with zero attached hydrogens (tertiary/aromatic N) is 1. The van der Waals surface area contributed by atoms with Crippen molar-refractivity contribution in [3.63, 3.8) is 0 Å². The van der Waals surface area contributed by atoms with Gasteiger partial charge in [0.2, 0.25) is 5.91 Å². The normalized spacial score (nSPS) is 16.1. The number of hydrogen-bond acceptors (Lipinski definition) is 3. The van der Waals surface area contributed by atoms with Crippen LogP contribution in [0.25, 0.3) is 0 Å². The lowest BCUT2D eigenvalue weighted by Gasteiger charge is -2.20. The third kappa shape index (κ3) is 2.58. The number of anilines is 1. The van der Waals surface area contributed by atoms with Gasteiger partial charge in [0.1, 0.15) is 5.82 Å². The zero-order valence-electron chi connectivity index (χ0n) is 9.78. The SMILES string of the molecule is Nc1ccc(F)cc1C(=O)N1CCNC(=O)CC1. The summed E-state index contributed by atoms with van der Waals surface area (Å²) in [5, 5.41) is 2.67. The van der Waals surface area contributed by atoms with Crippen LogP contribution < -0.4 is 11.1 Å². The van der Waals surface area contributed by atoms with Gasteiger partial charge in [-0.15, -0.1) is 0 Å². The van der Waals surface area contributed by atoms with Crippen molar-refractivity contribution < 1.29 is 14.0 Å². The number of benzene rings is 1. The zero-order valence-corrected chi connectivity index (χ0v) is 9.78. The summed E-state index contributed by atoms with van der Waals surface area (Å²) in [5.74, 6) is -0.933. The van der Waals surface area contributed by atoms with Gasteiger partial charge < -0.3 is 16.0 Å². The van der Waals surface area contributed by atoms with Crippen molar-refractivity contribution in [1.82, 2.24) is 10.2 Å². The molecule has 0 atom stereocenters. The van der Waals surface area contributed by atoms with Crippen LogP contribution >= 0.6 is 0 Å². The van der Waals surface area contributed by atoms with Crippen molar-refractivity contribution in [3.05, 3.63) is 29.6 Å². The molecule has 6 heteroatoms. The number of rotatable bonds is 1. The average Bonchev–Trinajstić information content (AvgIpc) is 2.56. The van der Waals surface area contributed by atoms with Crippen LogP contribution in [0.4, 0.5) is 10.1 Å². The van der Waals surface area contributed by atoms with Gasteiger partial charge in [-0.2, -0.15) is 0 Å². The summed E-state index contributed by atoms with van der Waals surface area (Å²) in [6, 6.07) is 3.70. The fourth-order valence-electron chi connectivity index (χ4n) is 1.85. The number of nitrogen functional groups attached to an aromatic ring is 1. The van der Waals surface area contributed by atoms with E-state index < -0.39 is 5.82 Å². The molecule has 0 radical (unpaired) electrons. The Morgan fingerprint density at radius 1 is 1.39 bits per heavy atom. The van der Waals surface area contributed by atoms with E-state index in [9.17, 15) is 14.0 Å². The van der Waals surface area contributed by atoms with Gasteiger partial charge in [0.25, 0.3) is 5.91 Å². The first-order valence-corrected chi connectivity index (χ1v) is 5.69. The first kappa shape index (κ1) is 12.3. The molecule has 1 heterocycles. The largest absolute Gasteiger partial charge is 0.398 e. The third-order valence-corrected chi connectivity index (χ3v) is 2.85. The molecule has 2 amide bonds. The van der Waals surface area contributed by atoms with Crippen LogP contribution in [0.2, 0.25) is 0 Å². The van der Waals surface area contributed by atoms with E-state index in [0.717, 1.165) is 6.07 Å². The minimum atomic E-state index is -0.503. The lowest BCUT2D eigenvalue weighted by molar-refractivity contribution is -0.120. The summed E-state index contributed by atoms with van der Waals surface area (Å²) in [6.07, 6.45) is 0.251. The van der Waals surface area contributed by atoms with Gasteiger partial charge in [-0.1, -0.05) is 0 Å². The Kier molecular flexibility index (Phi) is 3.45. The van der Waals surface area contributed by atoms with E-state index >= 15 is 0 Å². The smallest absolute Gasteiger partial charge is 0.256 e. The number of hydrogen-bond donors (Lipinski definition) is 2. The molecule has 5 nitrogen and oxygen atoms in total. The zero-order chi connectivity index (χ0) is 13.1. The molecule has 1 fully saturated rings. The highest BCUT2D eigenvalue weighted by molar-refractivity contribution is 5.99. The molecular formula is C12H14FN3O2. The summed E-state index contributed by atoms with van der Waals surface area (Å²) >= 11 is 0. The maximum Gasteiger partial charge on any atom is 0.256 e. The molecule has 0 aromatic heterocycles. The van der Waals surface area contributed by atoms with E-state index in [2.05, 4.69) is 5.32 Å². The van der Waals surface area contributed by atoms with Crippen LogP contribution in [-0.2, 0) is 4.79 Å². The van der Waals surface area contributed by atoms with Crippen molar-refractivity contribution >= 4 is 17.5 Å². The Bertz CT molecular complexity index is 490. The number of amides is 2. The molecule has 1 aliphatic heterocycles. The lowest BCUT2D eigenvalue weighted by atomic mass is 10.1. The number of carbonyl (C=O) groups excluding carboxylic acids is 2. The lowest BCUT2D eigenvalue weighted by Crippen LogP contribution is -2.34. The summed E-state index contributed by atoms with van der Waals surface area (Å²) < 4.78 is 13.1. The van der Waals surface area contributed by atoms with Crippen LogP contribution in [-0.4, -0.2) is 36.3 Å². The number of nitrogens with two attached hydrogens (primary N) is 1. The van der Waals surface area contributed by atoms with Crippen molar-refractivity contribution in [1.29, 1.82) is 0 Å². The highest BCUT2D eigenvalue weighted by atomic mass is 19.1. The van der Waals surface area contributed by atoms with Crippen LogP contribution in [0.5, 0.6) is 0 Å². The van der Waals surface area contributed by atoms with Crippen LogP contribution in [0.15, 0.2) is 18.2 Å². The fourth-order valence-corrected chi connectivity index (χ4v) is 1.85. The quantitative estimate of drug-likeness (QED) is 0.708. The van der Waals surface area contributed by atoms with Gasteiger partial charge >= 0.3 is 0 Å². The van der Waals surface area contributed by atoms with Gasteiger partial charge in [0, 0.05) is 31.7 Å². The number of nitrogens with one attached hydrogen (secondary N) is 1. The maximum absolute atomic E-state index is 13.1. The fraction of sp³-hybridized carbons (Fsp3) is 0.333.